The molecule has 0 aliphatic rings. The van der Waals surface area contributed by atoms with Crippen molar-refractivity contribution in [2.75, 3.05) is 14.2 Å². The Labute approximate surface area is 128 Å². The van der Waals surface area contributed by atoms with Gasteiger partial charge in [-0.2, -0.15) is 0 Å². The lowest BCUT2D eigenvalue weighted by atomic mass is 10.1. The van der Waals surface area contributed by atoms with E-state index < -0.39 is 5.97 Å². The fourth-order valence-corrected chi connectivity index (χ4v) is 1.91. The summed E-state index contributed by atoms with van der Waals surface area (Å²) in [6.07, 6.45) is 0.663. The van der Waals surface area contributed by atoms with Crippen LogP contribution < -0.4 is 14.2 Å². The van der Waals surface area contributed by atoms with Crippen molar-refractivity contribution in [1.29, 1.82) is 0 Å². The molecule has 5 heteroatoms. The maximum Gasteiger partial charge on any atom is 0.343 e. The Hall–Kier alpha value is -2.82. The molecule has 0 aliphatic heterocycles. The van der Waals surface area contributed by atoms with Crippen LogP contribution in [0.15, 0.2) is 36.4 Å². The lowest BCUT2D eigenvalue weighted by Gasteiger charge is -2.13. The minimum absolute atomic E-state index is 0.140. The molecule has 2 aromatic carbocycles. The van der Waals surface area contributed by atoms with E-state index in [2.05, 4.69) is 0 Å². The van der Waals surface area contributed by atoms with Crippen LogP contribution >= 0.6 is 0 Å². The normalized spacial score (nSPS) is 9.95. The van der Waals surface area contributed by atoms with Crippen LogP contribution in [0.3, 0.4) is 0 Å². The van der Waals surface area contributed by atoms with E-state index in [1.165, 1.54) is 26.4 Å². The zero-order chi connectivity index (χ0) is 16.1. The zero-order valence-corrected chi connectivity index (χ0v) is 12.6. The molecule has 0 amide bonds. The van der Waals surface area contributed by atoms with Gasteiger partial charge in [0.1, 0.15) is 6.29 Å². The lowest BCUT2D eigenvalue weighted by Crippen LogP contribution is -2.10. The summed E-state index contributed by atoms with van der Waals surface area (Å²) < 4.78 is 15.7. The summed E-state index contributed by atoms with van der Waals surface area (Å²) in [7, 11) is 2.85. The molecular formula is C17H16O5. The predicted molar refractivity (Wildman–Crippen MR) is 81.1 cm³/mol. The molecule has 2 rings (SSSR count). The third kappa shape index (κ3) is 3.25. The van der Waals surface area contributed by atoms with Crippen molar-refractivity contribution in [2.24, 2.45) is 0 Å². The van der Waals surface area contributed by atoms with Crippen LogP contribution in [0.4, 0.5) is 0 Å². The number of carbonyl (C=O) groups is 2. The molecule has 0 bridgehead atoms. The summed E-state index contributed by atoms with van der Waals surface area (Å²) in [5, 5.41) is 0. The van der Waals surface area contributed by atoms with Crippen molar-refractivity contribution in [1.82, 2.24) is 0 Å². The summed E-state index contributed by atoms with van der Waals surface area (Å²) in [4.78, 5) is 23.1. The third-order valence-corrected chi connectivity index (χ3v) is 3.10. The van der Waals surface area contributed by atoms with Gasteiger partial charge in [0.25, 0.3) is 0 Å². The van der Waals surface area contributed by atoms with E-state index in [4.69, 9.17) is 14.2 Å². The first kappa shape index (κ1) is 15.6. The van der Waals surface area contributed by atoms with Crippen molar-refractivity contribution in [3.63, 3.8) is 0 Å². The van der Waals surface area contributed by atoms with Gasteiger partial charge in [0.05, 0.1) is 19.8 Å². The van der Waals surface area contributed by atoms with E-state index in [9.17, 15) is 9.59 Å². The summed E-state index contributed by atoms with van der Waals surface area (Å²) >= 11 is 0. The Bertz CT molecular complexity index is 664. The first-order valence-electron chi connectivity index (χ1n) is 6.59. The molecule has 0 spiro atoms. The van der Waals surface area contributed by atoms with E-state index >= 15 is 0 Å². The number of rotatable bonds is 5. The molecule has 114 valence electrons. The standard InChI is InChI=1S/C17H16O5/c1-11-4-6-13(7-5-11)17(19)22-16-14(20-2)8-12(10-18)9-15(16)21-3/h4-10H,1-3H3. The van der Waals surface area contributed by atoms with Crippen LogP contribution in [0, 0.1) is 6.92 Å². The van der Waals surface area contributed by atoms with Gasteiger partial charge in [0, 0.05) is 5.56 Å². The molecule has 5 nitrogen and oxygen atoms in total. The highest BCUT2D eigenvalue weighted by Gasteiger charge is 2.18. The van der Waals surface area contributed by atoms with Crippen molar-refractivity contribution in [3.8, 4) is 17.2 Å². The maximum absolute atomic E-state index is 12.2. The van der Waals surface area contributed by atoms with E-state index in [-0.39, 0.29) is 17.2 Å². The Morgan fingerprint density at radius 3 is 2.00 bits per heavy atom. The molecule has 0 aromatic heterocycles. The van der Waals surface area contributed by atoms with Crippen LogP contribution in [-0.2, 0) is 0 Å². The summed E-state index contributed by atoms with van der Waals surface area (Å²) in [5.41, 5.74) is 1.82. The van der Waals surface area contributed by atoms with Gasteiger partial charge in [-0.1, -0.05) is 17.7 Å². The highest BCUT2D eigenvalue weighted by atomic mass is 16.6. The van der Waals surface area contributed by atoms with Gasteiger partial charge in [-0.05, 0) is 31.2 Å². The summed E-state index contributed by atoms with van der Waals surface area (Å²) in [6.45, 7) is 1.93. The van der Waals surface area contributed by atoms with Crippen LogP contribution in [0.5, 0.6) is 17.2 Å². The number of aryl methyl sites for hydroxylation is 1. The Morgan fingerprint density at radius 1 is 1.00 bits per heavy atom. The molecule has 0 atom stereocenters. The van der Waals surface area contributed by atoms with E-state index in [0.717, 1.165) is 5.56 Å². The Kier molecular flexibility index (Phi) is 4.78. The van der Waals surface area contributed by atoms with Crippen molar-refractivity contribution >= 4 is 12.3 Å². The Balaban J connectivity index is 2.37. The molecule has 0 fully saturated rings. The van der Waals surface area contributed by atoms with Crippen molar-refractivity contribution < 1.29 is 23.8 Å². The van der Waals surface area contributed by atoms with Crippen LogP contribution in [0.2, 0.25) is 0 Å². The quantitative estimate of drug-likeness (QED) is 0.482. The summed E-state index contributed by atoms with van der Waals surface area (Å²) in [6, 6.07) is 9.95. The summed E-state index contributed by atoms with van der Waals surface area (Å²) in [5.74, 6) is 0.112. The number of hydrogen-bond donors (Lipinski definition) is 0. The first-order valence-corrected chi connectivity index (χ1v) is 6.59. The number of carbonyl (C=O) groups excluding carboxylic acids is 2. The van der Waals surface area contributed by atoms with E-state index in [1.54, 1.807) is 12.1 Å². The number of hydrogen-bond acceptors (Lipinski definition) is 5. The molecule has 0 heterocycles. The highest BCUT2D eigenvalue weighted by Crippen LogP contribution is 2.38. The van der Waals surface area contributed by atoms with Gasteiger partial charge < -0.3 is 14.2 Å². The topological polar surface area (TPSA) is 61.8 Å². The second-order valence-corrected chi connectivity index (χ2v) is 4.63. The molecular weight excluding hydrogens is 284 g/mol. The fraction of sp³-hybridized carbons (Fsp3) is 0.176. The Morgan fingerprint density at radius 2 is 1.55 bits per heavy atom. The SMILES string of the molecule is COc1cc(C=O)cc(OC)c1OC(=O)c1ccc(C)cc1. The second kappa shape index (κ2) is 6.76. The largest absolute Gasteiger partial charge is 0.493 e. The van der Waals surface area contributed by atoms with E-state index in [1.807, 2.05) is 19.1 Å². The van der Waals surface area contributed by atoms with Gasteiger partial charge in [0.15, 0.2) is 11.5 Å². The third-order valence-electron chi connectivity index (χ3n) is 3.10. The minimum atomic E-state index is -0.532. The van der Waals surface area contributed by atoms with Gasteiger partial charge in [0.2, 0.25) is 5.75 Å². The number of benzene rings is 2. The number of esters is 1. The molecule has 0 N–H and O–H groups in total. The van der Waals surface area contributed by atoms with Gasteiger partial charge in [-0.25, -0.2) is 4.79 Å². The lowest BCUT2D eigenvalue weighted by molar-refractivity contribution is 0.0724. The number of methoxy groups -OCH3 is 2. The number of ether oxygens (including phenoxy) is 3. The first-order chi connectivity index (χ1) is 10.6. The van der Waals surface area contributed by atoms with Crippen molar-refractivity contribution in [3.05, 3.63) is 53.1 Å². The van der Waals surface area contributed by atoms with Gasteiger partial charge >= 0.3 is 5.97 Å². The predicted octanol–water partition coefficient (Wildman–Crippen LogP) is 3.04. The van der Waals surface area contributed by atoms with Crippen LogP contribution in [-0.4, -0.2) is 26.5 Å². The minimum Gasteiger partial charge on any atom is -0.493 e. The van der Waals surface area contributed by atoms with Gasteiger partial charge in [-0.3, -0.25) is 4.79 Å². The fourth-order valence-electron chi connectivity index (χ4n) is 1.91. The van der Waals surface area contributed by atoms with Crippen LogP contribution in [0.1, 0.15) is 26.3 Å². The molecule has 0 saturated heterocycles. The van der Waals surface area contributed by atoms with Crippen LogP contribution in [0.25, 0.3) is 0 Å². The monoisotopic (exact) mass is 300 g/mol. The average Bonchev–Trinajstić information content (AvgIpc) is 2.55. The molecule has 0 radical (unpaired) electrons. The highest BCUT2D eigenvalue weighted by molar-refractivity contribution is 5.92. The smallest absolute Gasteiger partial charge is 0.343 e. The van der Waals surface area contributed by atoms with Gasteiger partial charge in [-0.15, -0.1) is 0 Å². The molecule has 2 aromatic rings. The second-order valence-electron chi connectivity index (χ2n) is 4.63. The zero-order valence-electron chi connectivity index (χ0n) is 12.6. The average molecular weight is 300 g/mol. The van der Waals surface area contributed by atoms with Crippen molar-refractivity contribution in [2.45, 2.75) is 6.92 Å². The van der Waals surface area contributed by atoms with E-state index in [0.29, 0.717) is 17.4 Å². The number of aldehydes is 1. The molecule has 0 unspecified atom stereocenters. The molecule has 22 heavy (non-hydrogen) atoms. The molecule has 0 saturated carbocycles. The molecule has 0 aliphatic carbocycles. The maximum atomic E-state index is 12.2.